The predicted molar refractivity (Wildman–Crippen MR) is 88.8 cm³/mol. The summed E-state index contributed by atoms with van der Waals surface area (Å²) in [5.74, 6) is -2.81. The number of carboxylic acid groups (broad SMARTS) is 2. The molecule has 3 N–H and O–H groups in total. The summed E-state index contributed by atoms with van der Waals surface area (Å²) in [6.45, 7) is 1.28. The summed E-state index contributed by atoms with van der Waals surface area (Å²) in [5.41, 5.74) is 1.67. The second kappa shape index (κ2) is 5.96. The number of benzene rings is 2. The van der Waals surface area contributed by atoms with Crippen LogP contribution in [-0.2, 0) is 17.6 Å². The molecule has 6 nitrogen and oxygen atoms in total. The Hall–Kier alpha value is -2.89. The van der Waals surface area contributed by atoms with E-state index < -0.39 is 17.8 Å². The van der Waals surface area contributed by atoms with Gasteiger partial charge in [-0.3, -0.25) is 4.79 Å². The lowest BCUT2D eigenvalue weighted by molar-refractivity contribution is -0.114. The quantitative estimate of drug-likeness (QED) is 0.804. The van der Waals surface area contributed by atoms with Crippen LogP contribution in [0, 0.1) is 0 Å². The van der Waals surface area contributed by atoms with Crippen molar-refractivity contribution in [1.29, 1.82) is 0 Å². The maximum absolute atomic E-state index is 11.9. The van der Waals surface area contributed by atoms with Gasteiger partial charge in [-0.2, -0.15) is 0 Å². The minimum Gasteiger partial charge on any atom is -0.478 e. The van der Waals surface area contributed by atoms with Crippen molar-refractivity contribution in [2.24, 2.45) is 0 Å². The molecule has 2 aromatic carbocycles. The number of hydrogen-bond donors (Lipinski definition) is 3. The van der Waals surface area contributed by atoms with Crippen LogP contribution in [-0.4, -0.2) is 28.1 Å². The van der Waals surface area contributed by atoms with E-state index in [0.717, 1.165) is 24.8 Å². The molecule has 0 bridgehead atoms. The summed E-state index contributed by atoms with van der Waals surface area (Å²) in [4.78, 5) is 35.1. The van der Waals surface area contributed by atoms with Gasteiger partial charge in [0.2, 0.25) is 5.91 Å². The number of carbonyl (C=O) groups excluding carboxylic acids is 1. The summed E-state index contributed by atoms with van der Waals surface area (Å²) >= 11 is 0. The van der Waals surface area contributed by atoms with Crippen LogP contribution in [0.2, 0.25) is 0 Å². The fourth-order valence-corrected chi connectivity index (χ4v) is 3.47. The molecule has 0 unspecified atom stereocenters. The van der Waals surface area contributed by atoms with Crippen molar-refractivity contribution in [3.8, 4) is 0 Å². The Bertz CT molecular complexity index is 885. The van der Waals surface area contributed by atoms with Crippen molar-refractivity contribution < 1.29 is 24.6 Å². The number of rotatable bonds is 3. The van der Waals surface area contributed by atoms with Crippen LogP contribution in [0.15, 0.2) is 18.2 Å². The van der Waals surface area contributed by atoms with Gasteiger partial charge in [0, 0.05) is 12.3 Å². The van der Waals surface area contributed by atoms with E-state index in [9.17, 15) is 24.6 Å². The van der Waals surface area contributed by atoms with Gasteiger partial charge in [0.25, 0.3) is 0 Å². The number of carboxylic acids is 2. The molecule has 0 aliphatic heterocycles. The average molecular weight is 327 g/mol. The molecule has 2 aromatic rings. The molecule has 124 valence electrons. The number of aromatic carboxylic acids is 2. The molecule has 0 spiro atoms. The third-order valence-electron chi connectivity index (χ3n) is 4.37. The Morgan fingerprint density at radius 1 is 1.00 bits per heavy atom. The monoisotopic (exact) mass is 327 g/mol. The number of hydrogen-bond acceptors (Lipinski definition) is 3. The van der Waals surface area contributed by atoms with Crippen LogP contribution in [0.1, 0.15) is 51.6 Å². The molecular formula is C18H17NO5. The zero-order valence-corrected chi connectivity index (χ0v) is 13.2. The highest BCUT2D eigenvalue weighted by atomic mass is 16.4. The van der Waals surface area contributed by atoms with Crippen LogP contribution < -0.4 is 5.32 Å². The van der Waals surface area contributed by atoms with Gasteiger partial charge in [-0.05, 0) is 48.3 Å². The van der Waals surface area contributed by atoms with E-state index in [4.69, 9.17) is 0 Å². The van der Waals surface area contributed by atoms with Crippen LogP contribution >= 0.6 is 0 Å². The zero-order chi connectivity index (χ0) is 17.4. The first-order valence-electron chi connectivity index (χ1n) is 7.75. The highest BCUT2D eigenvalue weighted by molar-refractivity contribution is 6.17. The second-order valence-electron chi connectivity index (χ2n) is 5.97. The van der Waals surface area contributed by atoms with Gasteiger partial charge < -0.3 is 15.5 Å². The Labute approximate surface area is 138 Å². The van der Waals surface area contributed by atoms with Gasteiger partial charge >= 0.3 is 11.9 Å². The van der Waals surface area contributed by atoms with E-state index in [1.165, 1.54) is 13.0 Å². The number of amides is 1. The maximum atomic E-state index is 11.9. The van der Waals surface area contributed by atoms with Crippen LogP contribution in [0.4, 0.5) is 5.69 Å². The van der Waals surface area contributed by atoms with Gasteiger partial charge in [-0.25, -0.2) is 9.59 Å². The molecule has 0 heterocycles. The molecule has 0 atom stereocenters. The Kier molecular flexibility index (Phi) is 3.97. The lowest BCUT2D eigenvalue weighted by Gasteiger charge is -2.21. The van der Waals surface area contributed by atoms with Crippen molar-refractivity contribution in [2.45, 2.75) is 32.6 Å². The Morgan fingerprint density at radius 2 is 1.67 bits per heavy atom. The minimum absolute atomic E-state index is 0.0480. The summed E-state index contributed by atoms with van der Waals surface area (Å²) < 4.78 is 0. The standard InChI is InChI=1S/C18H17NO5/c1-9(20)19-13-7-6-11-8-10-4-2-3-5-12(10)15(17(21)22)14(11)16(13)18(23)24/h6-8H,2-5H2,1H3,(H,19,20)(H,21,22)(H,23,24). The fourth-order valence-electron chi connectivity index (χ4n) is 3.47. The molecule has 1 aliphatic rings. The van der Waals surface area contributed by atoms with Crippen molar-refractivity contribution in [3.63, 3.8) is 0 Å². The van der Waals surface area contributed by atoms with Crippen LogP contribution in [0.3, 0.4) is 0 Å². The smallest absolute Gasteiger partial charge is 0.338 e. The normalized spacial score (nSPS) is 13.4. The first-order valence-corrected chi connectivity index (χ1v) is 7.75. The van der Waals surface area contributed by atoms with Crippen molar-refractivity contribution in [1.82, 2.24) is 0 Å². The average Bonchev–Trinajstić information content (AvgIpc) is 2.51. The maximum Gasteiger partial charge on any atom is 0.338 e. The summed E-state index contributed by atoms with van der Waals surface area (Å²) in [6, 6.07) is 5.04. The SMILES string of the molecule is CC(=O)Nc1ccc2cc3c(c(C(=O)O)c2c1C(=O)O)CCCC3. The molecule has 24 heavy (non-hydrogen) atoms. The number of fused-ring (bicyclic) bond motifs is 2. The molecule has 0 saturated heterocycles. The lowest BCUT2D eigenvalue weighted by Crippen LogP contribution is -2.16. The molecule has 3 rings (SSSR count). The van der Waals surface area contributed by atoms with E-state index in [1.54, 1.807) is 6.07 Å². The fraction of sp³-hybridized carbons (Fsp3) is 0.278. The highest BCUT2D eigenvalue weighted by Crippen LogP contribution is 2.36. The second-order valence-corrected chi connectivity index (χ2v) is 5.97. The van der Waals surface area contributed by atoms with E-state index in [-0.39, 0.29) is 22.2 Å². The van der Waals surface area contributed by atoms with Crippen molar-refractivity contribution >= 4 is 34.3 Å². The van der Waals surface area contributed by atoms with E-state index in [0.29, 0.717) is 17.4 Å². The molecule has 1 amide bonds. The molecule has 0 saturated carbocycles. The Morgan fingerprint density at radius 3 is 2.29 bits per heavy atom. The largest absolute Gasteiger partial charge is 0.478 e. The molecule has 1 aliphatic carbocycles. The molecular weight excluding hydrogens is 310 g/mol. The number of aryl methyl sites for hydroxylation is 1. The lowest BCUT2D eigenvalue weighted by atomic mass is 9.83. The number of carbonyl (C=O) groups is 3. The summed E-state index contributed by atoms with van der Waals surface area (Å²) in [7, 11) is 0. The molecule has 6 heteroatoms. The van der Waals surface area contributed by atoms with E-state index in [1.807, 2.05) is 6.07 Å². The van der Waals surface area contributed by atoms with E-state index in [2.05, 4.69) is 5.32 Å². The van der Waals surface area contributed by atoms with Crippen molar-refractivity contribution in [3.05, 3.63) is 40.5 Å². The first kappa shape index (κ1) is 16.0. The Balaban J connectivity index is 2.44. The number of nitrogens with one attached hydrogen (secondary N) is 1. The highest BCUT2D eigenvalue weighted by Gasteiger charge is 2.26. The van der Waals surface area contributed by atoms with Crippen LogP contribution in [0.25, 0.3) is 10.8 Å². The summed E-state index contributed by atoms with van der Waals surface area (Å²) in [6.07, 6.45) is 3.29. The predicted octanol–water partition coefficient (Wildman–Crippen LogP) is 3.07. The molecule has 0 radical (unpaired) electrons. The minimum atomic E-state index is -1.26. The number of anilines is 1. The zero-order valence-electron chi connectivity index (χ0n) is 13.2. The van der Waals surface area contributed by atoms with Gasteiger partial charge in [-0.1, -0.05) is 12.1 Å². The third-order valence-corrected chi connectivity index (χ3v) is 4.37. The van der Waals surface area contributed by atoms with E-state index >= 15 is 0 Å². The topological polar surface area (TPSA) is 104 Å². The van der Waals surface area contributed by atoms with Gasteiger partial charge in [0.05, 0.1) is 16.8 Å². The molecule has 0 fully saturated rings. The van der Waals surface area contributed by atoms with Gasteiger partial charge in [-0.15, -0.1) is 0 Å². The third kappa shape index (κ3) is 2.60. The summed E-state index contributed by atoms with van der Waals surface area (Å²) in [5, 5.41) is 22.6. The van der Waals surface area contributed by atoms with Crippen LogP contribution in [0.5, 0.6) is 0 Å². The van der Waals surface area contributed by atoms with Gasteiger partial charge in [0.15, 0.2) is 0 Å². The first-order chi connectivity index (χ1) is 11.4. The van der Waals surface area contributed by atoms with Gasteiger partial charge in [0.1, 0.15) is 0 Å². The molecule has 0 aromatic heterocycles. The van der Waals surface area contributed by atoms with Crippen molar-refractivity contribution in [2.75, 3.05) is 5.32 Å².